The maximum Gasteiger partial charge on any atom is 0.265 e. The van der Waals surface area contributed by atoms with E-state index < -0.39 is 0 Å². The lowest BCUT2D eigenvalue weighted by atomic mass is 10.2. The summed E-state index contributed by atoms with van der Waals surface area (Å²) in [5.74, 6) is -0.485. The molecule has 0 aliphatic rings. The standard InChI is InChI=1S/C11H18N4O2S/c1-13-9(16)6-7(12)8(10(17)14(2)3)18-11(6)15(4)5/h12H2,1-5H3,(H,13,16). The first kappa shape index (κ1) is 14.3. The maximum atomic E-state index is 12.0. The average Bonchev–Trinajstić information content (AvgIpc) is 2.65. The predicted octanol–water partition coefficient (Wildman–Crippen LogP) is 0.458. The Morgan fingerprint density at radius 1 is 1.22 bits per heavy atom. The molecule has 6 nitrogen and oxygen atoms in total. The molecule has 7 heteroatoms. The second-order valence-electron chi connectivity index (χ2n) is 4.20. The first-order valence-corrected chi connectivity index (χ1v) is 6.16. The van der Waals surface area contributed by atoms with E-state index in [2.05, 4.69) is 5.32 Å². The summed E-state index contributed by atoms with van der Waals surface area (Å²) in [6.07, 6.45) is 0. The van der Waals surface area contributed by atoms with Crippen molar-refractivity contribution in [2.75, 3.05) is 45.9 Å². The van der Waals surface area contributed by atoms with Gasteiger partial charge in [0.1, 0.15) is 9.88 Å². The van der Waals surface area contributed by atoms with Gasteiger partial charge in [0.05, 0.1) is 11.3 Å². The third-order valence-electron chi connectivity index (χ3n) is 2.39. The molecule has 0 atom stereocenters. The van der Waals surface area contributed by atoms with E-state index >= 15 is 0 Å². The Balaban J connectivity index is 3.42. The van der Waals surface area contributed by atoms with Crippen LogP contribution in [0.4, 0.5) is 10.7 Å². The number of carbonyl (C=O) groups excluding carboxylic acids is 2. The number of nitrogen functional groups attached to an aromatic ring is 1. The monoisotopic (exact) mass is 270 g/mol. The molecule has 3 N–H and O–H groups in total. The van der Waals surface area contributed by atoms with Gasteiger partial charge in [-0.05, 0) is 0 Å². The van der Waals surface area contributed by atoms with Crippen molar-refractivity contribution in [1.82, 2.24) is 10.2 Å². The predicted molar refractivity (Wildman–Crippen MR) is 74.5 cm³/mol. The number of rotatable bonds is 3. The zero-order valence-corrected chi connectivity index (χ0v) is 12.0. The van der Waals surface area contributed by atoms with Crippen molar-refractivity contribution < 1.29 is 9.59 Å². The lowest BCUT2D eigenvalue weighted by molar-refractivity contribution is 0.0833. The van der Waals surface area contributed by atoms with Crippen LogP contribution in [0.15, 0.2) is 0 Å². The second kappa shape index (κ2) is 5.26. The fourth-order valence-corrected chi connectivity index (χ4v) is 2.62. The number of nitrogens with zero attached hydrogens (tertiary/aromatic N) is 2. The summed E-state index contributed by atoms with van der Waals surface area (Å²) in [7, 11) is 8.45. The summed E-state index contributed by atoms with van der Waals surface area (Å²) in [6, 6.07) is 0. The zero-order valence-electron chi connectivity index (χ0n) is 11.2. The van der Waals surface area contributed by atoms with E-state index in [1.165, 1.54) is 23.3 Å². The topological polar surface area (TPSA) is 78.7 Å². The van der Waals surface area contributed by atoms with E-state index in [-0.39, 0.29) is 17.5 Å². The summed E-state index contributed by atoms with van der Waals surface area (Å²) in [6.45, 7) is 0. The fourth-order valence-electron chi connectivity index (χ4n) is 1.45. The molecule has 100 valence electrons. The van der Waals surface area contributed by atoms with Crippen molar-refractivity contribution in [2.45, 2.75) is 0 Å². The third kappa shape index (κ3) is 2.40. The van der Waals surface area contributed by atoms with Crippen LogP contribution >= 0.6 is 11.3 Å². The van der Waals surface area contributed by atoms with Gasteiger partial charge in [-0.2, -0.15) is 0 Å². The van der Waals surface area contributed by atoms with Crippen LogP contribution in [-0.4, -0.2) is 52.0 Å². The minimum atomic E-state index is -0.287. The van der Waals surface area contributed by atoms with Crippen molar-refractivity contribution in [3.8, 4) is 0 Å². The summed E-state index contributed by atoms with van der Waals surface area (Å²) < 4.78 is 0. The number of nitrogens with two attached hydrogens (primary N) is 1. The van der Waals surface area contributed by atoms with Crippen LogP contribution < -0.4 is 16.0 Å². The molecule has 0 aliphatic heterocycles. The first-order valence-electron chi connectivity index (χ1n) is 5.34. The van der Waals surface area contributed by atoms with Crippen molar-refractivity contribution >= 4 is 33.8 Å². The molecular weight excluding hydrogens is 252 g/mol. The largest absolute Gasteiger partial charge is 0.397 e. The first-order chi connectivity index (χ1) is 8.31. The van der Waals surface area contributed by atoms with Crippen LogP contribution in [0.2, 0.25) is 0 Å². The van der Waals surface area contributed by atoms with Gasteiger partial charge in [0.15, 0.2) is 0 Å². The SMILES string of the molecule is CNC(=O)c1c(N(C)C)sc(C(=O)N(C)C)c1N. The highest BCUT2D eigenvalue weighted by Crippen LogP contribution is 2.37. The van der Waals surface area contributed by atoms with Gasteiger partial charge in [-0.3, -0.25) is 9.59 Å². The maximum absolute atomic E-state index is 12.0. The van der Waals surface area contributed by atoms with Gasteiger partial charge in [-0.15, -0.1) is 11.3 Å². The molecule has 0 bridgehead atoms. The minimum Gasteiger partial charge on any atom is -0.397 e. The van der Waals surface area contributed by atoms with Crippen LogP contribution in [0, 0.1) is 0 Å². The number of nitrogens with one attached hydrogen (secondary N) is 1. The molecule has 0 aromatic carbocycles. The Kier molecular flexibility index (Phi) is 4.18. The quantitative estimate of drug-likeness (QED) is 0.836. The summed E-state index contributed by atoms with van der Waals surface area (Å²) >= 11 is 1.22. The Labute approximate surface area is 110 Å². The number of hydrogen-bond acceptors (Lipinski definition) is 5. The molecule has 1 rings (SSSR count). The van der Waals surface area contributed by atoms with Crippen molar-refractivity contribution in [3.05, 3.63) is 10.4 Å². The van der Waals surface area contributed by atoms with E-state index in [1.807, 2.05) is 14.1 Å². The van der Waals surface area contributed by atoms with Crippen LogP contribution in [0.3, 0.4) is 0 Å². The van der Waals surface area contributed by atoms with Gasteiger partial charge in [0.25, 0.3) is 11.8 Å². The van der Waals surface area contributed by atoms with Gasteiger partial charge in [-0.25, -0.2) is 0 Å². The number of amides is 2. The molecule has 0 saturated carbocycles. The van der Waals surface area contributed by atoms with Crippen LogP contribution in [-0.2, 0) is 0 Å². The van der Waals surface area contributed by atoms with Crippen molar-refractivity contribution in [2.24, 2.45) is 0 Å². The molecule has 0 aliphatic carbocycles. The second-order valence-corrected chi connectivity index (χ2v) is 5.20. The number of carbonyl (C=O) groups is 2. The smallest absolute Gasteiger partial charge is 0.265 e. The fraction of sp³-hybridized carbons (Fsp3) is 0.455. The van der Waals surface area contributed by atoms with Gasteiger partial charge >= 0.3 is 0 Å². The molecule has 0 radical (unpaired) electrons. The van der Waals surface area contributed by atoms with Crippen LogP contribution in [0.5, 0.6) is 0 Å². The molecule has 1 aromatic rings. The average molecular weight is 270 g/mol. The molecule has 0 fully saturated rings. The van der Waals surface area contributed by atoms with E-state index in [0.29, 0.717) is 15.4 Å². The Hall–Kier alpha value is -1.76. The molecule has 1 aromatic heterocycles. The number of anilines is 2. The molecule has 2 amide bonds. The van der Waals surface area contributed by atoms with E-state index in [0.717, 1.165) is 0 Å². The summed E-state index contributed by atoms with van der Waals surface area (Å²) in [5, 5.41) is 3.21. The normalized spacial score (nSPS) is 10.1. The molecule has 0 spiro atoms. The molecule has 1 heterocycles. The minimum absolute atomic E-state index is 0.198. The summed E-state index contributed by atoms with van der Waals surface area (Å²) in [4.78, 5) is 27.4. The lowest BCUT2D eigenvalue weighted by Crippen LogP contribution is -2.23. The Bertz CT molecular complexity index is 480. The van der Waals surface area contributed by atoms with E-state index in [9.17, 15) is 9.59 Å². The third-order valence-corrected chi connectivity index (χ3v) is 3.75. The zero-order chi connectivity index (χ0) is 14.0. The van der Waals surface area contributed by atoms with Gasteiger partial charge in [0, 0.05) is 35.2 Å². The van der Waals surface area contributed by atoms with Crippen LogP contribution in [0.1, 0.15) is 20.0 Å². The van der Waals surface area contributed by atoms with E-state index in [4.69, 9.17) is 5.73 Å². The van der Waals surface area contributed by atoms with Gasteiger partial charge in [-0.1, -0.05) is 0 Å². The highest BCUT2D eigenvalue weighted by molar-refractivity contribution is 7.19. The van der Waals surface area contributed by atoms with Gasteiger partial charge in [0.2, 0.25) is 0 Å². The Morgan fingerprint density at radius 3 is 2.17 bits per heavy atom. The highest BCUT2D eigenvalue weighted by Gasteiger charge is 2.26. The molecule has 0 unspecified atom stereocenters. The van der Waals surface area contributed by atoms with Crippen molar-refractivity contribution in [1.29, 1.82) is 0 Å². The molecule has 0 saturated heterocycles. The number of thiophene rings is 1. The molecular formula is C11H18N4O2S. The number of hydrogen-bond donors (Lipinski definition) is 2. The highest BCUT2D eigenvalue weighted by atomic mass is 32.1. The van der Waals surface area contributed by atoms with Gasteiger partial charge < -0.3 is 20.9 Å². The summed E-state index contributed by atoms with van der Waals surface area (Å²) in [5.41, 5.74) is 6.53. The van der Waals surface area contributed by atoms with E-state index in [1.54, 1.807) is 19.0 Å². The van der Waals surface area contributed by atoms with Crippen LogP contribution in [0.25, 0.3) is 0 Å². The van der Waals surface area contributed by atoms with Crippen molar-refractivity contribution in [3.63, 3.8) is 0 Å². The Morgan fingerprint density at radius 2 is 1.78 bits per heavy atom. The molecule has 18 heavy (non-hydrogen) atoms. The lowest BCUT2D eigenvalue weighted by Gasteiger charge is -2.11.